The van der Waals surface area contributed by atoms with Crippen molar-refractivity contribution in [3.8, 4) is 0 Å². The first-order chi connectivity index (χ1) is 7.48. The summed E-state index contributed by atoms with van der Waals surface area (Å²) in [7, 11) is 1.70. The molecule has 0 aliphatic carbocycles. The van der Waals surface area contributed by atoms with Gasteiger partial charge in [0.1, 0.15) is 0 Å². The summed E-state index contributed by atoms with van der Waals surface area (Å²) in [5, 5.41) is 3.37. The molecule has 0 bridgehead atoms. The molecule has 0 saturated heterocycles. The smallest absolute Gasteiger partial charge is 0.203 e. The van der Waals surface area contributed by atoms with Crippen molar-refractivity contribution in [3.05, 3.63) is 24.5 Å². The van der Waals surface area contributed by atoms with Crippen molar-refractivity contribution < 1.29 is 4.74 Å². The number of hydrogen-bond donors (Lipinski definition) is 1. The molecular weight excluding hydrogens is 202 g/mol. The molecule has 0 radical (unpaired) electrons. The maximum atomic E-state index is 5.17. The van der Waals surface area contributed by atoms with Crippen LogP contribution in [0.1, 0.15) is 19.5 Å². The maximum Gasteiger partial charge on any atom is 0.203 e. The molecule has 0 aliphatic heterocycles. The van der Waals surface area contributed by atoms with Crippen molar-refractivity contribution in [2.45, 2.75) is 32.9 Å². The molecule has 1 N–H and O–H groups in total. The fraction of sp³-hybridized carbons (Fsp3) is 0.583. The van der Waals surface area contributed by atoms with Crippen molar-refractivity contribution in [3.63, 3.8) is 0 Å². The average molecular weight is 223 g/mol. The third-order valence-electron chi connectivity index (χ3n) is 2.18. The van der Waals surface area contributed by atoms with Crippen LogP contribution < -0.4 is 5.32 Å². The molecule has 1 rings (SSSR count). The molecule has 0 atom stereocenters. The monoisotopic (exact) mass is 223 g/mol. The number of nitrogens with one attached hydrogen (secondary N) is 1. The van der Waals surface area contributed by atoms with Gasteiger partial charge >= 0.3 is 0 Å². The van der Waals surface area contributed by atoms with Crippen molar-refractivity contribution in [2.75, 3.05) is 19.0 Å². The Morgan fingerprint density at radius 3 is 2.88 bits per heavy atom. The van der Waals surface area contributed by atoms with Crippen molar-refractivity contribution >= 4 is 5.95 Å². The third-order valence-corrected chi connectivity index (χ3v) is 2.18. The molecule has 4 heteroatoms. The molecule has 1 aromatic rings. The lowest BCUT2D eigenvalue weighted by Crippen LogP contribution is -2.37. The number of allylic oxidation sites excluding steroid dienone is 1. The molecule has 0 aromatic carbocycles. The van der Waals surface area contributed by atoms with E-state index in [0.717, 1.165) is 18.2 Å². The quantitative estimate of drug-likeness (QED) is 0.752. The van der Waals surface area contributed by atoms with E-state index >= 15 is 0 Å². The number of anilines is 1. The van der Waals surface area contributed by atoms with Crippen LogP contribution in [-0.2, 0) is 11.3 Å². The van der Waals surface area contributed by atoms with Crippen LogP contribution in [-0.4, -0.2) is 28.8 Å². The highest BCUT2D eigenvalue weighted by atomic mass is 16.5. The van der Waals surface area contributed by atoms with E-state index in [1.54, 1.807) is 7.11 Å². The van der Waals surface area contributed by atoms with E-state index in [1.165, 1.54) is 0 Å². The van der Waals surface area contributed by atoms with E-state index in [4.69, 9.17) is 4.74 Å². The Kier molecular flexibility index (Phi) is 4.12. The van der Waals surface area contributed by atoms with Crippen molar-refractivity contribution in [2.24, 2.45) is 0 Å². The second kappa shape index (κ2) is 5.16. The molecule has 0 saturated carbocycles. The molecule has 0 amide bonds. The van der Waals surface area contributed by atoms with Crippen molar-refractivity contribution in [1.29, 1.82) is 0 Å². The summed E-state index contributed by atoms with van der Waals surface area (Å²) in [5.74, 6) is 0.861. The number of methoxy groups -OCH3 is 1. The van der Waals surface area contributed by atoms with Gasteiger partial charge in [0.25, 0.3) is 0 Å². The van der Waals surface area contributed by atoms with Gasteiger partial charge in [0.2, 0.25) is 5.95 Å². The lowest BCUT2D eigenvalue weighted by molar-refractivity contribution is 0.157. The number of imidazole rings is 1. The zero-order valence-electron chi connectivity index (χ0n) is 10.6. The molecule has 4 nitrogen and oxygen atoms in total. The minimum Gasteiger partial charge on any atom is -0.382 e. The number of ether oxygens (including phenoxy) is 1. The molecule has 0 unspecified atom stereocenters. The molecule has 1 heterocycles. The summed E-state index contributed by atoms with van der Waals surface area (Å²) in [6, 6.07) is 0. The van der Waals surface area contributed by atoms with Crippen LogP contribution in [0.5, 0.6) is 0 Å². The summed E-state index contributed by atoms with van der Waals surface area (Å²) in [4.78, 5) is 4.45. The van der Waals surface area contributed by atoms with Crippen LogP contribution in [0.2, 0.25) is 0 Å². The van der Waals surface area contributed by atoms with E-state index in [-0.39, 0.29) is 5.54 Å². The maximum absolute atomic E-state index is 5.17. The Morgan fingerprint density at radius 2 is 2.31 bits per heavy atom. The minimum atomic E-state index is -0.133. The Balaban J connectivity index is 2.82. The molecule has 1 aromatic heterocycles. The Morgan fingerprint density at radius 1 is 1.62 bits per heavy atom. The molecule has 0 aliphatic rings. The normalized spacial score (nSPS) is 11.5. The van der Waals surface area contributed by atoms with Gasteiger partial charge in [-0.2, -0.15) is 0 Å². The molecule has 0 fully saturated rings. The molecular formula is C12H21N3O. The minimum absolute atomic E-state index is 0.133. The highest BCUT2D eigenvalue weighted by Crippen LogP contribution is 2.15. The summed E-state index contributed by atoms with van der Waals surface area (Å²) < 4.78 is 7.21. The predicted molar refractivity (Wildman–Crippen MR) is 66.7 cm³/mol. The van der Waals surface area contributed by atoms with Gasteiger partial charge in [-0.3, -0.25) is 0 Å². The second-order valence-electron chi connectivity index (χ2n) is 4.59. The van der Waals surface area contributed by atoms with E-state index in [2.05, 4.69) is 30.7 Å². The van der Waals surface area contributed by atoms with Gasteiger partial charge in [-0.1, -0.05) is 6.08 Å². The number of hydrogen-bond acceptors (Lipinski definition) is 3. The average Bonchev–Trinajstić information content (AvgIpc) is 2.46. The van der Waals surface area contributed by atoms with Crippen LogP contribution in [0, 0.1) is 6.92 Å². The highest BCUT2D eigenvalue weighted by molar-refractivity contribution is 5.32. The van der Waals surface area contributed by atoms with Crippen LogP contribution in [0.15, 0.2) is 18.9 Å². The number of aryl methyl sites for hydroxylation is 1. The summed E-state index contributed by atoms with van der Waals surface area (Å²) in [6.07, 6.45) is 3.86. The van der Waals surface area contributed by atoms with Gasteiger partial charge in [0.15, 0.2) is 0 Å². The van der Waals surface area contributed by atoms with Gasteiger partial charge in [-0.25, -0.2) is 4.98 Å². The highest BCUT2D eigenvalue weighted by Gasteiger charge is 2.19. The first-order valence-corrected chi connectivity index (χ1v) is 5.40. The van der Waals surface area contributed by atoms with Gasteiger partial charge < -0.3 is 14.6 Å². The molecule has 16 heavy (non-hydrogen) atoms. The van der Waals surface area contributed by atoms with Crippen LogP contribution in [0.4, 0.5) is 5.95 Å². The van der Waals surface area contributed by atoms with Gasteiger partial charge in [0, 0.05) is 19.9 Å². The Hall–Kier alpha value is -1.29. The SMILES string of the molecule is C=CCn1cc(C)nc1NC(C)(C)COC. The fourth-order valence-corrected chi connectivity index (χ4v) is 1.62. The van der Waals surface area contributed by atoms with Crippen LogP contribution in [0.3, 0.4) is 0 Å². The summed E-state index contributed by atoms with van der Waals surface area (Å²) >= 11 is 0. The Labute approximate surface area is 97.3 Å². The zero-order chi connectivity index (χ0) is 12.2. The number of nitrogens with zero attached hydrogens (tertiary/aromatic N) is 2. The number of rotatable bonds is 6. The van der Waals surface area contributed by atoms with Gasteiger partial charge in [-0.05, 0) is 20.8 Å². The zero-order valence-corrected chi connectivity index (χ0v) is 10.6. The predicted octanol–water partition coefficient (Wildman–Crippen LogP) is 2.21. The fourth-order valence-electron chi connectivity index (χ4n) is 1.62. The van der Waals surface area contributed by atoms with E-state index < -0.39 is 0 Å². The molecule has 0 spiro atoms. The van der Waals surface area contributed by atoms with Crippen LogP contribution in [0.25, 0.3) is 0 Å². The topological polar surface area (TPSA) is 39.1 Å². The first kappa shape index (κ1) is 12.8. The first-order valence-electron chi connectivity index (χ1n) is 5.40. The Bertz CT molecular complexity index is 355. The standard InChI is InChI=1S/C12H21N3O/c1-6-7-15-8-10(2)13-11(15)14-12(3,4)9-16-5/h6,8H,1,7,9H2,2-5H3,(H,13,14). The second-order valence-corrected chi connectivity index (χ2v) is 4.59. The lowest BCUT2D eigenvalue weighted by atomic mass is 10.1. The van der Waals surface area contributed by atoms with Gasteiger partial charge in [-0.15, -0.1) is 6.58 Å². The third kappa shape index (κ3) is 3.38. The summed E-state index contributed by atoms with van der Waals surface area (Å²) in [5.41, 5.74) is 0.864. The summed E-state index contributed by atoms with van der Waals surface area (Å²) in [6.45, 7) is 11.3. The van der Waals surface area contributed by atoms with Crippen LogP contribution >= 0.6 is 0 Å². The van der Waals surface area contributed by atoms with Gasteiger partial charge in [0.05, 0.1) is 17.8 Å². The largest absolute Gasteiger partial charge is 0.382 e. The van der Waals surface area contributed by atoms with E-state index in [9.17, 15) is 0 Å². The molecule has 90 valence electrons. The lowest BCUT2D eigenvalue weighted by Gasteiger charge is -2.26. The number of aromatic nitrogens is 2. The van der Waals surface area contributed by atoms with E-state index in [0.29, 0.717) is 6.61 Å². The van der Waals surface area contributed by atoms with E-state index in [1.807, 2.05) is 23.8 Å². The van der Waals surface area contributed by atoms with Crippen molar-refractivity contribution in [1.82, 2.24) is 9.55 Å².